The lowest BCUT2D eigenvalue weighted by molar-refractivity contribution is 0.256. The van der Waals surface area contributed by atoms with Crippen LogP contribution >= 0.6 is 0 Å². The van der Waals surface area contributed by atoms with E-state index in [1.165, 1.54) is 0 Å². The molecular formula is C22H17N5O2. The van der Waals surface area contributed by atoms with E-state index < -0.39 is 0 Å². The van der Waals surface area contributed by atoms with Crippen molar-refractivity contribution in [1.82, 2.24) is 15.2 Å². The largest absolute Gasteiger partial charge is 0.329 e. The molecule has 1 fully saturated rings. The second-order valence-corrected chi connectivity index (χ2v) is 6.79. The molecule has 1 saturated heterocycles. The number of carbonyl (C=O) groups excluding carboxylic acids is 1. The first-order chi connectivity index (χ1) is 14.2. The van der Waals surface area contributed by atoms with Gasteiger partial charge in [0.15, 0.2) is 0 Å². The minimum Gasteiger partial charge on any atom is -0.292 e. The first-order valence-corrected chi connectivity index (χ1v) is 9.29. The molecule has 2 aromatic heterocycles. The molecule has 0 aliphatic carbocycles. The molecule has 0 atom stereocenters. The maximum atomic E-state index is 12.8. The van der Waals surface area contributed by atoms with Gasteiger partial charge in [0.25, 0.3) is 5.56 Å². The van der Waals surface area contributed by atoms with Gasteiger partial charge in [0.2, 0.25) is 0 Å². The number of carbonyl (C=O) groups is 1. The molecule has 2 amide bonds. The molecule has 142 valence electrons. The van der Waals surface area contributed by atoms with Crippen LogP contribution in [-0.4, -0.2) is 34.3 Å². The van der Waals surface area contributed by atoms with Crippen molar-refractivity contribution in [2.45, 2.75) is 0 Å². The molecule has 1 aliphatic heterocycles. The number of hydrogen-bond acceptors (Lipinski definition) is 4. The molecule has 1 N–H and O–H groups in total. The number of aromatic amines is 1. The fraction of sp³-hybridized carbons (Fsp3) is 0.0909. The van der Waals surface area contributed by atoms with Crippen LogP contribution in [0.15, 0.2) is 77.9 Å². The molecule has 0 spiro atoms. The van der Waals surface area contributed by atoms with Gasteiger partial charge < -0.3 is 0 Å². The minimum absolute atomic E-state index is 0.0710. The number of urea groups is 1. The standard InChI is InChI=1S/C22H17N5O2/c28-21-19-6-2-1-5-18(19)20(24-25-21)15-7-9-16(10-8-15)26-12-13-27(22(26)29)17-4-3-11-23-14-17/h1-11,14H,12-13H2,(H,25,28). The number of benzene rings is 2. The van der Waals surface area contributed by atoms with Crippen molar-refractivity contribution in [3.63, 3.8) is 0 Å². The van der Waals surface area contributed by atoms with Gasteiger partial charge in [-0.15, -0.1) is 0 Å². The fourth-order valence-corrected chi connectivity index (χ4v) is 3.66. The molecule has 7 nitrogen and oxygen atoms in total. The monoisotopic (exact) mass is 383 g/mol. The summed E-state index contributed by atoms with van der Waals surface area (Å²) in [5, 5.41) is 8.19. The number of rotatable bonds is 3. The number of H-pyrrole nitrogens is 1. The molecular weight excluding hydrogens is 366 g/mol. The Labute approximate surface area is 166 Å². The number of nitrogens with zero attached hydrogens (tertiary/aromatic N) is 4. The van der Waals surface area contributed by atoms with Gasteiger partial charge in [-0.2, -0.15) is 5.10 Å². The van der Waals surface area contributed by atoms with E-state index in [2.05, 4.69) is 15.2 Å². The average Bonchev–Trinajstić information content (AvgIpc) is 3.16. The van der Waals surface area contributed by atoms with Crippen molar-refractivity contribution >= 4 is 28.2 Å². The highest BCUT2D eigenvalue weighted by Crippen LogP contribution is 2.29. The highest BCUT2D eigenvalue weighted by atomic mass is 16.2. The topological polar surface area (TPSA) is 82.2 Å². The first-order valence-electron chi connectivity index (χ1n) is 9.29. The van der Waals surface area contributed by atoms with Crippen molar-refractivity contribution in [3.8, 4) is 11.3 Å². The van der Waals surface area contributed by atoms with Gasteiger partial charge in [0, 0.05) is 35.9 Å². The number of anilines is 2. The van der Waals surface area contributed by atoms with Crippen LogP contribution in [0.3, 0.4) is 0 Å². The van der Waals surface area contributed by atoms with Gasteiger partial charge in [-0.05, 0) is 30.3 Å². The average molecular weight is 383 g/mol. The molecule has 7 heteroatoms. The SMILES string of the molecule is O=C1N(c2ccc(-c3n[nH]c(=O)c4ccccc34)cc2)CCN1c1cccnc1. The van der Waals surface area contributed by atoms with Gasteiger partial charge in [0.1, 0.15) is 0 Å². The predicted molar refractivity (Wildman–Crippen MR) is 112 cm³/mol. The number of amides is 2. The molecule has 4 aromatic rings. The zero-order chi connectivity index (χ0) is 19.8. The maximum absolute atomic E-state index is 12.8. The summed E-state index contributed by atoms with van der Waals surface area (Å²) >= 11 is 0. The van der Waals surface area contributed by atoms with Crippen molar-refractivity contribution in [2.75, 3.05) is 22.9 Å². The smallest absolute Gasteiger partial charge is 0.292 e. The summed E-state index contributed by atoms with van der Waals surface area (Å²) in [4.78, 5) is 32.4. The molecule has 0 saturated carbocycles. The zero-order valence-electron chi connectivity index (χ0n) is 15.4. The number of fused-ring (bicyclic) bond motifs is 1. The summed E-state index contributed by atoms with van der Waals surface area (Å²) < 4.78 is 0. The van der Waals surface area contributed by atoms with Crippen LogP contribution in [0, 0.1) is 0 Å². The third-order valence-electron chi connectivity index (χ3n) is 5.12. The third-order valence-corrected chi connectivity index (χ3v) is 5.12. The van der Waals surface area contributed by atoms with Crippen LogP contribution in [-0.2, 0) is 0 Å². The van der Waals surface area contributed by atoms with E-state index in [-0.39, 0.29) is 11.6 Å². The Kier molecular flexibility index (Phi) is 4.05. The van der Waals surface area contributed by atoms with E-state index in [9.17, 15) is 9.59 Å². The molecule has 0 radical (unpaired) electrons. The van der Waals surface area contributed by atoms with Crippen molar-refractivity contribution < 1.29 is 4.79 Å². The van der Waals surface area contributed by atoms with Crippen LogP contribution in [0.1, 0.15) is 0 Å². The van der Waals surface area contributed by atoms with Gasteiger partial charge >= 0.3 is 6.03 Å². The van der Waals surface area contributed by atoms with Crippen molar-refractivity contribution in [2.24, 2.45) is 0 Å². The predicted octanol–water partition coefficient (Wildman–Crippen LogP) is 3.43. The first kappa shape index (κ1) is 17.1. The molecule has 2 aromatic carbocycles. The molecule has 5 rings (SSSR count). The van der Waals surface area contributed by atoms with Crippen LogP contribution in [0.5, 0.6) is 0 Å². The lowest BCUT2D eigenvalue weighted by atomic mass is 10.0. The molecule has 0 unspecified atom stereocenters. The summed E-state index contributed by atoms with van der Waals surface area (Å²) in [7, 11) is 0. The van der Waals surface area contributed by atoms with Crippen LogP contribution in [0.2, 0.25) is 0 Å². The fourth-order valence-electron chi connectivity index (χ4n) is 3.66. The van der Waals surface area contributed by atoms with Gasteiger partial charge in [0.05, 0.1) is 23.0 Å². The van der Waals surface area contributed by atoms with Gasteiger partial charge in [-0.3, -0.25) is 19.6 Å². The lowest BCUT2D eigenvalue weighted by Crippen LogP contribution is -2.31. The van der Waals surface area contributed by atoms with Gasteiger partial charge in [-0.1, -0.05) is 30.3 Å². The zero-order valence-corrected chi connectivity index (χ0v) is 15.4. The number of nitrogens with one attached hydrogen (secondary N) is 1. The second kappa shape index (κ2) is 6.87. The normalized spacial score (nSPS) is 14.0. The molecule has 29 heavy (non-hydrogen) atoms. The Morgan fingerprint density at radius 2 is 1.52 bits per heavy atom. The van der Waals surface area contributed by atoms with E-state index in [0.29, 0.717) is 24.2 Å². The summed E-state index contributed by atoms with van der Waals surface area (Å²) in [5.74, 6) is 0. The Balaban J connectivity index is 1.45. The lowest BCUT2D eigenvalue weighted by Gasteiger charge is -2.18. The van der Waals surface area contributed by atoms with Crippen molar-refractivity contribution in [1.29, 1.82) is 0 Å². The van der Waals surface area contributed by atoms with E-state index >= 15 is 0 Å². The van der Waals surface area contributed by atoms with Crippen LogP contribution < -0.4 is 15.4 Å². The summed E-state index contributed by atoms with van der Waals surface area (Å²) in [5.41, 5.74) is 2.98. The Hall–Kier alpha value is -4.00. The molecule has 1 aliphatic rings. The Morgan fingerprint density at radius 3 is 2.24 bits per heavy atom. The maximum Gasteiger partial charge on any atom is 0.329 e. The summed E-state index contributed by atoms with van der Waals surface area (Å²) in [6.07, 6.45) is 3.38. The third kappa shape index (κ3) is 2.93. The Morgan fingerprint density at radius 1 is 0.793 bits per heavy atom. The number of pyridine rings is 1. The highest BCUT2D eigenvalue weighted by molar-refractivity contribution is 6.06. The minimum atomic E-state index is -0.209. The summed E-state index contributed by atoms with van der Waals surface area (Å²) in [6, 6.07) is 18.7. The van der Waals surface area contributed by atoms with E-state index in [1.807, 2.05) is 54.6 Å². The van der Waals surface area contributed by atoms with E-state index in [0.717, 1.165) is 22.3 Å². The van der Waals surface area contributed by atoms with E-state index in [4.69, 9.17) is 0 Å². The second-order valence-electron chi connectivity index (χ2n) is 6.79. The molecule has 3 heterocycles. The number of aromatic nitrogens is 3. The van der Waals surface area contributed by atoms with Gasteiger partial charge in [-0.25, -0.2) is 9.89 Å². The van der Waals surface area contributed by atoms with Crippen LogP contribution in [0.4, 0.5) is 16.2 Å². The van der Waals surface area contributed by atoms with Crippen LogP contribution in [0.25, 0.3) is 22.0 Å². The number of hydrogen-bond donors (Lipinski definition) is 1. The molecule has 0 bridgehead atoms. The quantitative estimate of drug-likeness (QED) is 0.588. The Bertz CT molecular complexity index is 1250. The summed E-state index contributed by atoms with van der Waals surface area (Å²) in [6.45, 7) is 1.21. The van der Waals surface area contributed by atoms with Crippen molar-refractivity contribution in [3.05, 3.63) is 83.4 Å². The van der Waals surface area contributed by atoms with E-state index in [1.54, 1.807) is 28.3 Å². The highest BCUT2D eigenvalue weighted by Gasteiger charge is 2.30.